The zero-order chi connectivity index (χ0) is 12.8. The third kappa shape index (κ3) is 4.99. The zero-order valence-electron chi connectivity index (χ0n) is 9.60. The normalized spacial score (nSPS) is 11.7. The van der Waals surface area contributed by atoms with E-state index in [0.29, 0.717) is 0 Å². The molecule has 0 unspecified atom stereocenters. The number of rotatable bonds is 4. The van der Waals surface area contributed by atoms with Gasteiger partial charge in [-0.05, 0) is 17.7 Å². The van der Waals surface area contributed by atoms with Gasteiger partial charge in [-0.1, -0.05) is 28.1 Å². The minimum atomic E-state index is -0.565. The van der Waals surface area contributed by atoms with Gasteiger partial charge in [0.2, 0.25) is 0 Å². The van der Waals surface area contributed by atoms with Crippen molar-refractivity contribution in [2.75, 3.05) is 6.61 Å². The van der Waals surface area contributed by atoms with Gasteiger partial charge in [-0.3, -0.25) is 9.59 Å². The van der Waals surface area contributed by atoms with Crippen molar-refractivity contribution in [3.8, 4) is 0 Å². The molecule has 0 bridgehead atoms. The Balaban J connectivity index is 2.77. The van der Waals surface area contributed by atoms with Crippen molar-refractivity contribution in [3.63, 3.8) is 0 Å². The highest BCUT2D eigenvalue weighted by Gasteiger charge is 2.16. The van der Waals surface area contributed by atoms with E-state index in [1.165, 1.54) is 13.8 Å². The number of carbonyl (C=O) groups is 2. The predicted molar refractivity (Wildman–Crippen MR) is 65.3 cm³/mol. The first-order chi connectivity index (χ1) is 7.99. The van der Waals surface area contributed by atoms with Gasteiger partial charge in [0.25, 0.3) is 0 Å². The van der Waals surface area contributed by atoms with Gasteiger partial charge in [-0.15, -0.1) is 0 Å². The Kier molecular flexibility index (Phi) is 5.15. The summed E-state index contributed by atoms with van der Waals surface area (Å²) in [5, 5.41) is 0. The molecule has 1 aromatic carbocycles. The van der Waals surface area contributed by atoms with Crippen LogP contribution < -0.4 is 0 Å². The van der Waals surface area contributed by atoms with Crippen LogP contribution in [0.3, 0.4) is 0 Å². The molecule has 0 aliphatic rings. The van der Waals surface area contributed by atoms with E-state index in [-0.39, 0.29) is 6.61 Å². The molecule has 5 heteroatoms. The average Bonchev–Trinajstić information content (AvgIpc) is 2.25. The van der Waals surface area contributed by atoms with Crippen LogP contribution in [0, 0.1) is 0 Å². The lowest BCUT2D eigenvalue weighted by molar-refractivity contribution is -0.156. The summed E-state index contributed by atoms with van der Waals surface area (Å²) < 4.78 is 10.9. The van der Waals surface area contributed by atoms with Crippen LogP contribution in [-0.2, 0) is 19.1 Å². The van der Waals surface area contributed by atoms with Gasteiger partial charge < -0.3 is 9.47 Å². The summed E-state index contributed by atoms with van der Waals surface area (Å²) in [5.74, 6) is -0.815. The lowest BCUT2D eigenvalue weighted by Crippen LogP contribution is -2.16. The molecule has 0 saturated carbocycles. The average molecular weight is 301 g/mol. The molecule has 1 aromatic rings. The van der Waals surface area contributed by atoms with Crippen molar-refractivity contribution < 1.29 is 19.1 Å². The summed E-state index contributed by atoms with van der Waals surface area (Å²) in [6.07, 6.45) is -0.565. The molecule has 0 aliphatic heterocycles. The molecule has 0 fully saturated rings. The van der Waals surface area contributed by atoms with Gasteiger partial charge in [-0.25, -0.2) is 0 Å². The molecule has 0 spiro atoms. The second-order valence-corrected chi connectivity index (χ2v) is 4.37. The van der Waals surface area contributed by atoms with Crippen molar-refractivity contribution >= 4 is 27.9 Å². The fourth-order valence-electron chi connectivity index (χ4n) is 1.27. The third-order valence-corrected chi connectivity index (χ3v) is 2.52. The number of hydrogen-bond donors (Lipinski definition) is 0. The molecule has 1 rings (SSSR count). The molecule has 17 heavy (non-hydrogen) atoms. The van der Waals surface area contributed by atoms with Crippen LogP contribution in [-0.4, -0.2) is 18.5 Å². The molecule has 92 valence electrons. The summed E-state index contributed by atoms with van der Waals surface area (Å²) in [4.78, 5) is 21.7. The van der Waals surface area contributed by atoms with Crippen LogP contribution >= 0.6 is 15.9 Å². The maximum atomic E-state index is 11.0. The third-order valence-electron chi connectivity index (χ3n) is 1.99. The zero-order valence-corrected chi connectivity index (χ0v) is 11.2. The molecule has 0 aliphatic carbocycles. The van der Waals surface area contributed by atoms with Crippen molar-refractivity contribution in [2.24, 2.45) is 0 Å². The number of hydrogen-bond acceptors (Lipinski definition) is 4. The van der Waals surface area contributed by atoms with E-state index in [1.807, 2.05) is 12.1 Å². The molecular weight excluding hydrogens is 288 g/mol. The quantitative estimate of drug-likeness (QED) is 0.802. The van der Waals surface area contributed by atoms with Gasteiger partial charge in [0.1, 0.15) is 6.61 Å². The van der Waals surface area contributed by atoms with Gasteiger partial charge in [0.05, 0.1) is 0 Å². The highest BCUT2D eigenvalue weighted by Crippen LogP contribution is 2.20. The first-order valence-electron chi connectivity index (χ1n) is 5.05. The Labute approximate surface area is 108 Å². The highest BCUT2D eigenvalue weighted by atomic mass is 79.9. The van der Waals surface area contributed by atoms with E-state index < -0.39 is 18.0 Å². The number of ether oxygens (including phenoxy) is 2. The molecule has 0 heterocycles. The predicted octanol–water partition coefficient (Wildman–Crippen LogP) is 2.62. The Morgan fingerprint density at radius 2 is 1.76 bits per heavy atom. The lowest BCUT2D eigenvalue weighted by Gasteiger charge is -2.17. The van der Waals surface area contributed by atoms with Crippen molar-refractivity contribution in [3.05, 3.63) is 34.3 Å². The monoisotopic (exact) mass is 300 g/mol. The smallest absolute Gasteiger partial charge is 0.303 e. The molecule has 1 atom stereocenters. The van der Waals surface area contributed by atoms with Crippen LogP contribution in [0.1, 0.15) is 25.5 Å². The molecule has 0 aromatic heterocycles. The second-order valence-electron chi connectivity index (χ2n) is 3.45. The lowest BCUT2D eigenvalue weighted by atomic mass is 10.1. The van der Waals surface area contributed by atoms with E-state index in [1.54, 1.807) is 12.1 Å². The van der Waals surface area contributed by atoms with E-state index in [0.717, 1.165) is 10.0 Å². The van der Waals surface area contributed by atoms with Crippen LogP contribution in [0.2, 0.25) is 0 Å². The van der Waals surface area contributed by atoms with Crippen LogP contribution in [0.5, 0.6) is 0 Å². The summed E-state index contributed by atoms with van der Waals surface area (Å²) in [6.45, 7) is 2.66. The first kappa shape index (κ1) is 13.7. The van der Waals surface area contributed by atoms with E-state index >= 15 is 0 Å². The largest absolute Gasteiger partial charge is 0.462 e. The molecule has 0 saturated heterocycles. The van der Waals surface area contributed by atoms with Gasteiger partial charge in [0.15, 0.2) is 6.10 Å². The Morgan fingerprint density at radius 1 is 1.18 bits per heavy atom. The summed E-state index contributed by atoms with van der Waals surface area (Å²) in [7, 11) is 0. The first-order valence-corrected chi connectivity index (χ1v) is 5.84. The van der Waals surface area contributed by atoms with Crippen LogP contribution in [0.25, 0.3) is 0 Å². The van der Waals surface area contributed by atoms with Gasteiger partial charge >= 0.3 is 11.9 Å². The highest BCUT2D eigenvalue weighted by molar-refractivity contribution is 9.10. The van der Waals surface area contributed by atoms with Crippen LogP contribution in [0.15, 0.2) is 28.7 Å². The van der Waals surface area contributed by atoms with Crippen molar-refractivity contribution in [2.45, 2.75) is 20.0 Å². The fraction of sp³-hybridized carbons (Fsp3) is 0.333. The van der Waals surface area contributed by atoms with Crippen LogP contribution in [0.4, 0.5) is 0 Å². The van der Waals surface area contributed by atoms with Gasteiger partial charge in [0, 0.05) is 18.3 Å². The van der Waals surface area contributed by atoms with E-state index in [4.69, 9.17) is 9.47 Å². The van der Waals surface area contributed by atoms with Crippen molar-refractivity contribution in [1.29, 1.82) is 0 Å². The molecular formula is C12H13BrO4. The maximum Gasteiger partial charge on any atom is 0.303 e. The molecule has 0 radical (unpaired) electrons. The Hall–Kier alpha value is -1.36. The number of halogens is 1. The summed E-state index contributed by atoms with van der Waals surface area (Å²) >= 11 is 3.31. The van der Waals surface area contributed by atoms with E-state index in [2.05, 4.69) is 15.9 Å². The van der Waals surface area contributed by atoms with Crippen molar-refractivity contribution in [1.82, 2.24) is 0 Å². The molecule has 0 N–H and O–H groups in total. The standard InChI is InChI=1S/C12H13BrO4/c1-8(14)16-7-12(17-9(2)15)10-3-5-11(13)6-4-10/h3-6,12H,7H2,1-2H3/t12-/m0/s1. The Morgan fingerprint density at radius 3 is 2.24 bits per heavy atom. The fourth-order valence-corrected chi connectivity index (χ4v) is 1.53. The minimum absolute atomic E-state index is 0.0244. The Bertz CT molecular complexity index is 399. The van der Waals surface area contributed by atoms with Gasteiger partial charge in [-0.2, -0.15) is 0 Å². The molecule has 4 nitrogen and oxygen atoms in total. The number of esters is 2. The summed E-state index contributed by atoms with van der Waals surface area (Å²) in [6, 6.07) is 7.28. The topological polar surface area (TPSA) is 52.6 Å². The second kappa shape index (κ2) is 6.39. The number of benzene rings is 1. The minimum Gasteiger partial charge on any atom is -0.462 e. The molecule has 0 amide bonds. The summed E-state index contributed by atoms with van der Waals surface area (Å²) in [5.41, 5.74) is 0.782. The van der Waals surface area contributed by atoms with E-state index in [9.17, 15) is 9.59 Å². The maximum absolute atomic E-state index is 11.0. The SMILES string of the molecule is CC(=O)OC[C@H](OC(C)=O)c1ccc(Br)cc1. The number of carbonyl (C=O) groups excluding carboxylic acids is 2.